The highest BCUT2D eigenvalue weighted by molar-refractivity contribution is 7.87. The lowest BCUT2D eigenvalue weighted by molar-refractivity contribution is -0.135. The Kier molecular flexibility index (Phi) is 12.2. The molecule has 0 heterocycles. The first-order chi connectivity index (χ1) is 23.9. The zero-order valence-electron chi connectivity index (χ0n) is 31.5. The second-order valence-corrected chi connectivity index (χ2v) is 17.4. The first kappa shape index (κ1) is 38.4. The van der Waals surface area contributed by atoms with Crippen molar-refractivity contribution in [3.63, 3.8) is 0 Å². The van der Waals surface area contributed by atoms with Crippen LogP contribution in [0, 0.1) is 53.3 Å². The number of ether oxygens (including phenoxy) is 1. The van der Waals surface area contributed by atoms with Crippen LogP contribution < -0.4 is 14.7 Å². The predicted octanol–water partition coefficient (Wildman–Crippen LogP) is 9.20. The third-order valence-electron chi connectivity index (χ3n) is 13.1. The van der Waals surface area contributed by atoms with Gasteiger partial charge in [0.2, 0.25) is 0 Å². The van der Waals surface area contributed by atoms with E-state index in [1.54, 1.807) is 6.07 Å². The molecule has 2 N–H and O–H groups in total. The van der Waals surface area contributed by atoms with Crippen molar-refractivity contribution in [2.75, 3.05) is 5.75 Å². The molecule has 7 rings (SSSR count). The van der Waals surface area contributed by atoms with Crippen molar-refractivity contribution in [3.05, 3.63) is 58.7 Å². The summed E-state index contributed by atoms with van der Waals surface area (Å²) in [6, 6.07) is 10.2. The van der Waals surface area contributed by atoms with Crippen molar-refractivity contribution < 1.29 is 22.1 Å². The number of rotatable bonds is 6. The number of carbonyl (C=O) groups excluding carboxylic acids is 1. The lowest BCUT2D eigenvalue weighted by atomic mass is 9.56. The standard InChI is InChI=1S/C39H49NO5S.2C2H6/c1-5-24-6-12-33-30(24)16-17-34-31-15-10-28(21-26(31)8-13-35(33)34)45-46(42,43)22-37(40)38(41)44-27-9-14-32-25(20-27)7-11-29-23(2)39(3,4)19-18-36(29)32;2*1-2/h1,9-10,14-15,20-21,23-24,29-30,33-37H,6-8,11-13,16-19,22,40H2,2-4H3;2*1-2H3. The van der Waals surface area contributed by atoms with E-state index in [1.807, 2.05) is 52.0 Å². The minimum atomic E-state index is -4.13. The maximum atomic E-state index is 13.0. The average Bonchev–Trinajstić information content (AvgIpc) is 3.54. The van der Waals surface area contributed by atoms with Gasteiger partial charge in [0.15, 0.2) is 0 Å². The number of fused-ring (bicyclic) bond motifs is 8. The molecule has 0 bridgehead atoms. The fourth-order valence-electron chi connectivity index (χ4n) is 10.4. The SMILES string of the molecule is C#CC1CCC2C1CCC1c3ccc(OS(=O)(=O)CC(N)C(=O)Oc4ccc5c(c4)CCC4C5CCC(C)(C)C4C)cc3CCC12.CC.CC. The molecule has 5 aliphatic rings. The Balaban J connectivity index is 0.00000117. The molecule has 2 aromatic rings. The van der Waals surface area contributed by atoms with Crippen LogP contribution >= 0.6 is 0 Å². The highest BCUT2D eigenvalue weighted by Gasteiger charge is 2.47. The van der Waals surface area contributed by atoms with Gasteiger partial charge in [-0.2, -0.15) is 8.42 Å². The Hall–Kier alpha value is -2.82. The summed E-state index contributed by atoms with van der Waals surface area (Å²) in [5.41, 5.74) is 11.5. The van der Waals surface area contributed by atoms with E-state index in [1.165, 1.54) is 42.4 Å². The highest BCUT2D eigenvalue weighted by atomic mass is 32.2. The molecule has 3 fully saturated rings. The Labute approximate surface area is 302 Å². The van der Waals surface area contributed by atoms with E-state index in [9.17, 15) is 13.2 Å². The third-order valence-corrected chi connectivity index (χ3v) is 14.3. The van der Waals surface area contributed by atoms with Gasteiger partial charge in [0.05, 0.1) is 0 Å². The fourth-order valence-corrected chi connectivity index (χ4v) is 11.5. The smallest absolute Gasteiger partial charge is 0.329 e. The molecule has 6 nitrogen and oxygen atoms in total. The summed E-state index contributed by atoms with van der Waals surface area (Å²) < 4.78 is 37.1. The summed E-state index contributed by atoms with van der Waals surface area (Å²) in [6.07, 6.45) is 17.0. The number of esters is 1. The van der Waals surface area contributed by atoms with Gasteiger partial charge in [-0.15, -0.1) is 12.3 Å². The number of benzene rings is 2. The molecule has 9 unspecified atom stereocenters. The Morgan fingerprint density at radius 2 is 1.42 bits per heavy atom. The van der Waals surface area contributed by atoms with Crippen LogP contribution in [0.3, 0.4) is 0 Å². The van der Waals surface area contributed by atoms with Gasteiger partial charge in [-0.25, -0.2) is 4.79 Å². The number of hydrogen-bond acceptors (Lipinski definition) is 6. The summed E-state index contributed by atoms with van der Waals surface area (Å²) in [6.45, 7) is 15.2. The quantitative estimate of drug-likeness (QED) is 0.140. The van der Waals surface area contributed by atoms with Crippen LogP contribution in [0.15, 0.2) is 36.4 Å². The molecule has 274 valence electrons. The predicted molar refractivity (Wildman–Crippen MR) is 203 cm³/mol. The first-order valence-corrected chi connectivity index (χ1v) is 21.1. The second-order valence-electron chi connectivity index (χ2n) is 15.7. The molecule has 0 aromatic heterocycles. The molecule has 0 radical (unpaired) electrons. The van der Waals surface area contributed by atoms with Crippen molar-refractivity contribution in [2.45, 2.75) is 131 Å². The maximum Gasteiger partial charge on any atom is 0.329 e. The van der Waals surface area contributed by atoms with E-state index in [0.717, 1.165) is 44.1 Å². The van der Waals surface area contributed by atoms with Gasteiger partial charge in [-0.05, 0) is 158 Å². The maximum absolute atomic E-state index is 13.0. The van der Waals surface area contributed by atoms with Crippen LogP contribution in [0.5, 0.6) is 11.5 Å². The Morgan fingerprint density at radius 1 is 0.840 bits per heavy atom. The van der Waals surface area contributed by atoms with E-state index in [2.05, 4.69) is 32.8 Å². The molecule has 2 aromatic carbocycles. The minimum Gasteiger partial charge on any atom is -0.425 e. The third kappa shape index (κ3) is 7.68. The molecular formula is C43H61NO5S. The van der Waals surface area contributed by atoms with Gasteiger partial charge in [0, 0.05) is 5.92 Å². The Morgan fingerprint density at radius 3 is 2.08 bits per heavy atom. The monoisotopic (exact) mass is 703 g/mol. The molecule has 5 aliphatic carbocycles. The van der Waals surface area contributed by atoms with E-state index in [-0.39, 0.29) is 5.75 Å². The van der Waals surface area contributed by atoms with Crippen LogP contribution in [0.2, 0.25) is 0 Å². The number of terminal acetylenes is 1. The number of nitrogens with two attached hydrogens (primary N) is 1. The van der Waals surface area contributed by atoms with Gasteiger partial charge in [-0.3, -0.25) is 0 Å². The first-order valence-electron chi connectivity index (χ1n) is 19.6. The summed E-state index contributed by atoms with van der Waals surface area (Å²) in [7, 11) is -4.13. The van der Waals surface area contributed by atoms with Crippen LogP contribution in [0.4, 0.5) is 0 Å². The van der Waals surface area contributed by atoms with E-state index in [4.69, 9.17) is 21.1 Å². The number of aryl methyl sites for hydroxylation is 2. The van der Waals surface area contributed by atoms with E-state index >= 15 is 0 Å². The van der Waals surface area contributed by atoms with Crippen molar-refractivity contribution in [2.24, 2.45) is 46.7 Å². The Bertz CT molecular complexity index is 1660. The molecule has 0 spiro atoms. The normalized spacial score (nSPS) is 30.8. The van der Waals surface area contributed by atoms with Crippen LogP contribution in [-0.4, -0.2) is 26.2 Å². The second kappa shape index (κ2) is 15.8. The van der Waals surface area contributed by atoms with Crippen molar-refractivity contribution in [1.29, 1.82) is 0 Å². The number of hydrogen-bond donors (Lipinski definition) is 1. The summed E-state index contributed by atoms with van der Waals surface area (Å²) >= 11 is 0. The van der Waals surface area contributed by atoms with Crippen LogP contribution in [-0.2, 0) is 27.8 Å². The molecular weight excluding hydrogens is 643 g/mol. The molecule has 50 heavy (non-hydrogen) atoms. The van der Waals surface area contributed by atoms with Crippen molar-refractivity contribution in [3.8, 4) is 23.8 Å². The molecule has 0 aliphatic heterocycles. The summed E-state index contributed by atoms with van der Waals surface area (Å²) in [5, 5.41) is 0. The number of carbonyl (C=O) groups is 1. The van der Waals surface area contributed by atoms with Crippen LogP contribution in [0.25, 0.3) is 0 Å². The zero-order valence-corrected chi connectivity index (χ0v) is 32.4. The topological polar surface area (TPSA) is 95.7 Å². The molecule has 3 saturated carbocycles. The zero-order chi connectivity index (χ0) is 36.4. The lowest BCUT2D eigenvalue weighted by Crippen LogP contribution is -2.41. The van der Waals surface area contributed by atoms with Gasteiger partial charge >= 0.3 is 16.1 Å². The average molecular weight is 704 g/mol. The van der Waals surface area contributed by atoms with E-state index < -0.39 is 27.9 Å². The fraction of sp³-hybridized carbons (Fsp3) is 0.651. The largest absolute Gasteiger partial charge is 0.425 e. The van der Waals surface area contributed by atoms with Gasteiger partial charge in [0.25, 0.3) is 0 Å². The lowest BCUT2D eigenvalue weighted by Gasteiger charge is -2.49. The highest BCUT2D eigenvalue weighted by Crippen LogP contribution is 2.57. The summed E-state index contributed by atoms with van der Waals surface area (Å²) in [5.74, 6) is 7.10. The van der Waals surface area contributed by atoms with Crippen LogP contribution in [0.1, 0.15) is 134 Å². The molecule has 0 saturated heterocycles. The molecule has 0 amide bonds. The van der Waals surface area contributed by atoms with Gasteiger partial charge < -0.3 is 14.7 Å². The molecule has 7 heteroatoms. The van der Waals surface area contributed by atoms with Gasteiger partial charge in [0.1, 0.15) is 23.3 Å². The summed E-state index contributed by atoms with van der Waals surface area (Å²) in [4.78, 5) is 12.9. The minimum absolute atomic E-state index is 0.271. The van der Waals surface area contributed by atoms with Crippen molar-refractivity contribution >= 4 is 16.1 Å². The van der Waals surface area contributed by atoms with Crippen molar-refractivity contribution in [1.82, 2.24) is 0 Å². The van der Waals surface area contributed by atoms with Gasteiger partial charge in [-0.1, -0.05) is 60.6 Å². The molecule has 9 atom stereocenters. The van der Waals surface area contributed by atoms with E-state index in [0.29, 0.717) is 58.5 Å².